The summed E-state index contributed by atoms with van der Waals surface area (Å²) in [5.74, 6) is -0.793. The van der Waals surface area contributed by atoms with E-state index >= 15 is 0 Å². The first kappa shape index (κ1) is 12.5. The van der Waals surface area contributed by atoms with Crippen LogP contribution in [0.25, 0.3) is 0 Å². The third kappa shape index (κ3) is 2.51. The van der Waals surface area contributed by atoms with Crippen molar-refractivity contribution in [2.24, 2.45) is 0 Å². The summed E-state index contributed by atoms with van der Waals surface area (Å²) in [7, 11) is 0. The lowest BCUT2D eigenvalue weighted by Gasteiger charge is -2.04. The minimum Gasteiger partial charge on any atom is -0.396 e. The molecule has 0 bridgehead atoms. The number of rotatable bonds is 2. The predicted molar refractivity (Wildman–Crippen MR) is 71.3 cm³/mol. The molecule has 2 rings (SSSR count). The molecule has 0 unspecified atom stereocenters. The molecule has 0 radical (unpaired) electrons. The smallest absolute Gasteiger partial charge is 0.204 e. The fourth-order valence-electron chi connectivity index (χ4n) is 1.31. The molecule has 0 aliphatic carbocycles. The molecule has 0 atom stereocenters. The number of nitrogen functional groups attached to an aromatic ring is 1. The average Bonchev–Trinajstić information content (AvgIpc) is 2.69. The van der Waals surface area contributed by atoms with Crippen molar-refractivity contribution in [1.29, 1.82) is 0 Å². The van der Waals surface area contributed by atoms with Crippen molar-refractivity contribution in [3.63, 3.8) is 0 Å². The van der Waals surface area contributed by atoms with Gasteiger partial charge in [0.1, 0.15) is 5.82 Å². The van der Waals surface area contributed by atoms with Gasteiger partial charge in [0.2, 0.25) is 5.78 Å². The standard InChI is InChI=1S/C11H6BrClFNOS/c12-6-4-7(14)8(15)3-5(6)11(16)9-1-2-10(13)17-9/h1-4H,15H2. The quantitative estimate of drug-likeness (QED) is 0.663. The Morgan fingerprint density at radius 1 is 1.41 bits per heavy atom. The minimum atomic E-state index is -0.558. The normalized spacial score (nSPS) is 10.5. The summed E-state index contributed by atoms with van der Waals surface area (Å²) in [6, 6.07) is 5.76. The highest BCUT2D eigenvalue weighted by atomic mass is 79.9. The van der Waals surface area contributed by atoms with E-state index in [0.29, 0.717) is 19.2 Å². The van der Waals surface area contributed by atoms with Gasteiger partial charge in [0.05, 0.1) is 14.9 Å². The van der Waals surface area contributed by atoms with Crippen molar-refractivity contribution in [3.05, 3.63) is 49.3 Å². The molecule has 17 heavy (non-hydrogen) atoms. The van der Waals surface area contributed by atoms with Crippen LogP contribution in [0.15, 0.2) is 28.7 Å². The zero-order valence-corrected chi connectivity index (χ0v) is 11.5. The molecule has 0 spiro atoms. The third-order valence-electron chi connectivity index (χ3n) is 2.13. The Hall–Kier alpha value is -0.910. The summed E-state index contributed by atoms with van der Waals surface area (Å²) in [5, 5.41) is 0. The van der Waals surface area contributed by atoms with Crippen LogP contribution in [0.5, 0.6) is 0 Å². The highest BCUT2D eigenvalue weighted by Gasteiger charge is 2.16. The molecular weight excluding hydrogens is 329 g/mol. The van der Waals surface area contributed by atoms with Gasteiger partial charge in [0, 0.05) is 10.0 Å². The van der Waals surface area contributed by atoms with Crippen molar-refractivity contribution in [3.8, 4) is 0 Å². The molecule has 1 heterocycles. The summed E-state index contributed by atoms with van der Waals surface area (Å²) in [6.45, 7) is 0. The highest BCUT2D eigenvalue weighted by molar-refractivity contribution is 9.10. The summed E-state index contributed by atoms with van der Waals surface area (Å²) in [6.07, 6.45) is 0. The maximum Gasteiger partial charge on any atom is 0.204 e. The number of benzene rings is 1. The molecule has 88 valence electrons. The number of halogens is 3. The van der Waals surface area contributed by atoms with Crippen LogP contribution < -0.4 is 5.73 Å². The molecule has 2 aromatic rings. The van der Waals surface area contributed by atoms with Crippen LogP contribution in [0, 0.1) is 5.82 Å². The number of carbonyl (C=O) groups is 1. The van der Waals surface area contributed by atoms with Gasteiger partial charge < -0.3 is 5.73 Å². The van der Waals surface area contributed by atoms with Crippen LogP contribution in [-0.4, -0.2) is 5.78 Å². The fraction of sp³-hybridized carbons (Fsp3) is 0. The monoisotopic (exact) mass is 333 g/mol. The second-order valence-corrected chi connectivity index (χ2v) is 5.86. The van der Waals surface area contributed by atoms with E-state index in [1.807, 2.05) is 0 Å². The molecule has 1 aromatic heterocycles. The number of ketones is 1. The topological polar surface area (TPSA) is 43.1 Å². The first-order chi connectivity index (χ1) is 7.99. The second-order valence-electron chi connectivity index (χ2n) is 3.29. The van der Waals surface area contributed by atoms with Gasteiger partial charge >= 0.3 is 0 Å². The van der Waals surface area contributed by atoms with Gasteiger partial charge in [-0.1, -0.05) is 11.6 Å². The Morgan fingerprint density at radius 2 is 2.12 bits per heavy atom. The van der Waals surface area contributed by atoms with E-state index in [1.165, 1.54) is 23.5 Å². The predicted octanol–water partition coefficient (Wildman–Crippen LogP) is 4.12. The summed E-state index contributed by atoms with van der Waals surface area (Å²) in [4.78, 5) is 12.6. The van der Waals surface area contributed by atoms with Crippen LogP contribution in [0.4, 0.5) is 10.1 Å². The lowest BCUT2D eigenvalue weighted by Crippen LogP contribution is -2.02. The van der Waals surface area contributed by atoms with Crippen molar-refractivity contribution in [1.82, 2.24) is 0 Å². The molecule has 2 N–H and O–H groups in total. The van der Waals surface area contributed by atoms with Crippen LogP contribution in [0.1, 0.15) is 15.2 Å². The minimum absolute atomic E-state index is 0.0563. The molecule has 2 nitrogen and oxygen atoms in total. The highest BCUT2D eigenvalue weighted by Crippen LogP contribution is 2.29. The largest absolute Gasteiger partial charge is 0.396 e. The van der Waals surface area contributed by atoms with Crippen LogP contribution in [-0.2, 0) is 0 Å². The number of hydrogen-bond acceptors (Lipinski definition) is 3. The van der Waals surface area contributed by atoms with Crippen molar-refractivity contribution in [2.75, 3.05) is 5.73 Å². The number of thiophene rings is 1. The molecule has 0 aliphatic heterocycles. The lowest BCUT2D eigenvalue weighted by molar-refractivity contribution is 0.104. The van der Waals surface area contributed by atoms with Crippen LogP contribution >= 0.6 is 38.9 Å². The maximum absolute atomic E-state index is 13.1. The van der Waals surface area contributed by atoms with Gasteiger partial charge in [0.15, 0.2) is 0 Å². The first-order valence-corrected chi connectivity index (χ1v) is 6.52. The Labute approximate surface area is 114 Å². The number of hydrogen-bond donors (Lipinski definition) is 1. The summed E-state index contributed by atoms with van der Waals surface area (Å²) in [5.41, 5.74) is 5.71. The molecule has 6 heteroatoms. The van der Waals surface area contributed by atoms with E-state index in [-0.39, 0.29) is 11.5 Å². The number of anilines is 1. The fourth-order valence-corrected chi connectivity index (χ4v) is 2.80. The zero-order valence-electron chi connectivity index (χ0n) is 8.34. The molecule has 0 aliphatic rings. The van der Waals surface area contributed by atoms with E-state index in [9.17, 15) is 9.18 Å². The van der Waals surface area contributed by atoms with Gasteiger partial charge in [-0.3, -0.25) is 4.79 Å². The molecule has 1 aromatic carbocycles. The average molecular weight is 335 g/mol. The molecule has 0 saturated carbocycles. The molecular formula is C11H6BrClFNOS. The Bertz CT molecular complexity index is 599. The van der Waals surface area contributed by atoms with Crippen molar-refractivity contribution >= 4 is 50.3 Å². The Balaban J connectivity index is 2.47. The molecule has 0 saturated heterocycles. The van der Waals surface area contributed by atoms with Gasteiger partial charge in [-0.2, -0.15) is 0 Å². The molecule has 0 fully saturated rings. The van der Waals surface area contributed by atoms with E-state index in [2.05, 4.69) is 15.9 Å². The van der Waals surface area contributed by atoms with E-state index in [1.54, 1.807) is 12.1 Å². The third-order valence-corrected chi connectivity index (χ3v) is 4.01. The Morgan fingerprint density at radius 3 is 2.71 bits per heavy atom. The van der Waals surface area contributed by atoms with E-state index < -0.39 is 5.82 Å². The van der Waals surface area contributed by atoms with Gasteiger partial charge in [-0.15, -0.1) is 11.3 Å². The van der Waals surface area contributed by atoms with Crippen LogP contribution in [0.3, 0.4) is 0 Å². The van der Waals surface area contributed by atoms with Crippen LogP contribution in [0.2, 0.25) is 4.34 Å². The van der Waals surface area contributed by atoms with Crippen molar-refractivity contribution < 1.29 is 9.18 Å². The number of nitrogens with two attached hydrogens (primary N) is 1. The van der Waals surface area contributed by atoms with E-state index in [4.69, 9.17) is 17.3 Å². The first-order valence-electron chi connectivity index (χ1n) is 4.53. The maximum atomic E-state index is 13.1. The lowest BCUT2D eigenvalue weighted by atomic mass is 10.1. The molecule has 0 amide bonds. The van der Waals surface area contributed by atoms with Crippen molar-refractivity contribution in [2.45, 2.75) is 0 Å². The van der Waals surface area contributed by atoms with Gasteiger partial charge in [-0.05, 0) is 40.2 Å². The Kier molecular flexibility index (Phi) is 3.51. The SMILES string of the molecule is Nc1cc(C(=O)c2ccc(Cl)s2)c(Br)cc1F. The van der Waals surface area contributed by atoms with Gasteiger partial charge in [0.25, 0.3) is 0 Å². The zero-order chi connectivity index (χ0) is 12.6. The van der Waals surface area contributed by atoms with Gasteiger partial charge in [-0.25, -0.2) is 4.39 Å². The summed E-state index contributed by atoms with van der Waals surface area (Å²) >= 11 is 10.1. The number of carbonyl (C=O) groups excluding carboxylic acids is 1. The summed E-state index contributed by atoms with van der Waals surface area (Å²) < 4.78 is 14.0. The van der Waals surface area contributed by atoms with E-state index in [0.717, 1.165) is 0 Å². The second kappa shape index (κ2) is 4.76.